The summed E-state index contributed by atoms with van der Waals surface area (Å²) in [5, 5.41) is 0. The molecule has 2 heteroatoms. The monoisotopic (exact) mass is 205 g/mol. The molecule has 15 heavy (non-hydrogen) atoms. The summed E-state index contributed by atoms with van der Waals surface area (Å²) in [6.07, 6.45) is 0. The third kappa shape index (κ3) is 2.72. The van der Waals surface area contributed by atoms with E-state index in [2.05, 4.69) is 18.9 Å². The van der Waals surface area contributed by atoms with Crippen LogP contribution in [-0.2, 0) is 0 Å². The van der Waals surface area contributed by atoms with Gasteiger partial charge >= 0.3 is 0 Å². The summed E-state index contributed by atoms with van der Waals surface area (Å²) < 4.78 is 5.78. The summed E-state index contributed by atoms with van der Waals surface area (Å²) in [6.45, 7) is 5.51. The second-order valence-electron chi connectivity index (χ2n) is 4.58. The van der Waals surface area contributed by atoms with Crippen molar-refractivity contribution in [3.63, 3.8) is 0 Å². The van der Waals surface area contributed by atoms with Crippen LogP contribution in [-0.4, -0.2) is 31.6 Å². The highest BCUT2D eigenvalue weighted by Crippen LogP contribution is 2.22. The third-order valence-electron chi connectivity index (χ3n) is 3.16. The molecule has 1 aliphatic rings. The molecule has 1 aliphatic heterocycles. The van der Waals surface area contributed by atoms with Crippen molar-refractivity contribution in [1.29, 1.82) is 0 Å². The number of para-hydroxylation sites is 1. The van der Waals surface area contributed by atoms with E-state index in [1.807, 2.05) is 30.3 Å². The van der Waals surface area contributed by atoms with Crippen LogP contribution in [0.3, 0.4) is 0 Å². The zero-order chi connectivity index (χ0) is 10.7. The average Bonchev–Trinajstić information content (AvgIpc) is 2.56. The fraction of sp³-hybridized carbons (Fsp3) is 0.538. The van der Waals surface area contributed by atoms with Gasteiger partial charge in [0.25, 0.3) is 0 Å². The Balaban J connectivity index is 1.84. The number of hydrogen-bond acceptors (Lipinski definition) is 2. The molecule has 0 bridgehead atoms. The van der Waals surface area contributed by atoms with Crippen molar-refractivity contribution in [3.05, 3.63) is 30.3 Å². The van der Waals surface area contributed by atoms with Crippen LogP contribution in [0.4, 0.5) is 0 Å². The first-order chi connectivity index (χ1) is 7.25. The fourth-order valence-corrected chi connectivity index (χ4v) is 2.23. The van der Waals surface area contributed by atoms with Crippen LogP contribution in [0, 0.1) is 11.8 Å². The van der Waals surface area contributed by atoms with Crippen molar-refractivity contribution in [3.8, 4) is 5.75 Å². The second kappa shape index (κ2) is 4.67. The zero-order valence-corrected chi connectivity index (χ0v) is 9.52. The first kappa shape index (κ1) is 10.5. The van der Waals surface area contributed by atoms with E-state index in [9.17, 15) is 0 Å². The maximum atomic E-state index is 5.78. The molecule has 1 aromatic rings. The van der Waals surface area contributed by atoms with Gasteiger partial charge in [-0.3, -0.25) is 0 Å². The Morgan fingerprint density at radius 2 is 2.00 bits per heavy atom. The number of rotatable bonds is 3. The number of ether oxygens (including phenoxy) is 1. The summed E-state index contributed by atoms with van der Waals surface area (Å²) in [6, 6.07) is 10.1. The topological polar surface area (TPSA) is 12.5 Å². The zero-order valence-electron chi connectivity index (χ0n) is 9.52. The molecule has 2 unspecified atom stereocenters. The van der Waals surface area contributed by atoms with Gasteiger partial charge in [-0.25, -0.2) is 0 Å². The first-order valence-corrected chi connectivity index (χ1v) is 5.62. The van der Waals surface area contributed by atoms with Crippen LogP contribution in [0.2, 0.25) is 0 Å². The van der Waals surface area contributed by atoms with E-state index in [1.165, 1.54) is 6.54 Å². The molecule has 2 nitrogen and oxygen atoms in total. The molecule has 0 N–H and O–H groups in total. The molecule has 1 aromatic carbocycles. The minimum Gasteiger partial charge on any atom is -0.493 e. The van der Waals surface area contributed by atoms with E-state index in [-0.39, 0.29) is 0 Å². The molecule has 0 saturated carbocycles. The minimum absolute atomic E-state index is 0.676. The molecule has 0 amide bonds. The van der Waals surface area contributed by atoms with Gasteiger partial charge in [0.1, 0.15) is 5.75 Å². The third-order valence-corrected chi connectivity index (χ3v) is 3.16. The van der Waals surface area contributed by atoms with Gasteiger partial charge in [-0.05, 0) is 25.1 Å². The van der Waals surface area contributed by atoms with Gasteiger partial charge in [-0.15, -0.1) is 0 Å². The SMILES string of the molecule is CC1CN(C)CC1COc1ccccc1. The van der Waals surface area contributed by atoms with Crippen molar-refractivity contribution in [1.82, 2.24) is 4.90 Å². The highest BCUT2D eigenvalue weighted by molar-refractivity contribution is 5.20. The van der Waals surface area contributed by atoms with Crippen molar-refractivity contribution in [2.24, 2.45) is 11.8 Å². The maximum absolute atomic E-state index is 5.78. The Labute approximate surface area is 91.9 Å². The molecule has 1 heterocycles. The van der Waals surface area contributed by atoms with Gasteiger partial charge in [-0.2, -0.15) is 0 Å². The molecule has 0 aromatic heterocycles. The number of likely N-dealkylation sites (tertiary alicyclic amines) is 1. The lowest BCUT2D eigenvalue weighted by atomic mass is 9.99. The summed E-state index contributed by atoms with van der Waals surface area (Å²) in [5.74, 6) is 2.41. The molecule has 82 valence electrons. The van der Waals surface area contributed by atoms with Crippen molar-refractivity contribution < 1.29 is 4.74 Å². The molecule has 0 radical (unpaired) electrons. The summed E-state index contributed by atoms with van der Waals surface area (Å²) in [4.78, 5) is 2.38. The van der Waals surface area contributed by atoms with Crippen LogP contribution in [0.15, 0.2) is 30.3 Å². The van der Waals surface area contributed by atoms with E-state index >= 15 is 0 Å². The molecular weight excluding hydrogens is 186 g/mol. The molecule has 1 fully saturated rings. The van der Waals surface area contributed by atoms with Crippen molar-refractivity contribution in [2.45, 2.75) is 6.92 Å². The van der Waals surface area contributed by atoms with E-state index in [4.69, 9.17) is 4.74 Å². The first-order valence-electron chi connectivity index (χ1n) is 5.62. The molecular formula is C13H19NO. The molecule has 2 rings (SSSR count). The van der Waals surface area contributed by atoms with Crippen molar-refractivity contribution in [2.75, 3.05) is 26.7 Å². The highest BCUT2D eigenvalue weighted by atomic mass is 16.5. The number of nitrogens with zero attached hydrogens (tertiary/aromatic N) is 1. The summed E-state index contributed by atoms with van der Waals surface area (Å²) in [5.41, 5.74) is 0. The maximum Gasteiger partial charge on any atom is 0.119 e. The van der Waals surface area contributed by atoms with Gasteiger partial charge in [-0.1, -0.05) is 25.1 Å². The van der Waals surface area contributed by atoms with E-state index < -0.39 is 0 Å². The summed E-state index contributed by atoms with van der Waals surface area (Å²) in [7, 11) is 2.18. The van der Waals surface area contributed by atoms with Gasteiger partial charge in [0.05, 0.1) is 6.61 Å². The fourth-order valence-electron chi connectivity index (χ4n) is 2.23. The van der Waals surface area contributed by atoms with E-state index in [1.54, 1.807) is 0 Å². The second-order valence-corrected chi connectivity index (χ2v) is 4.58. The molecule has 0 spiro atoms. The Morgan fingerprint density at radius 3 is 2.60 bits per heavy atom. The minimum atomic E-state index is 0.676. The smallest absolute Gasteiger partial charge is 0.119 e. The largest absolute Gasteiger partial charge is 0.493 e. The van der Waals surface area contributed by atoms with Gasteiger partial charge < -0.3 is 9.64 Å². The molecule has 0 aliphatic carbocycles. The lowest BCUT2D eigenvalue weighted by Crippen LogP contribution is -2.19. The Morgan fingerprint density at radius 1 is 1.27 bits per heavy atom. The molecule has 2 atom stereocenters. The van der Waals surface area contributed by atoms with E-state index in [0.29, 0.717) is 5.92 Å². The Hall–Kier alpha value is -1.02. The van der Waals surface area contributed by atoms with Crippen LogP contribution in [0.5, 0.6) is 5.75 Å². The van der Waals surface area contributed by atoms with Crippen LogP contribution in [0.25, 0.3) is 0 Å². The Kier molecular flexibility index (Phi) is 3.27. The van der Waals surface area contributed by atoms with Crippen LogP contribution < -0.4 is 4.74 Å². The normalized spacial score (nSPS) is 26.8. The van der Waals surface area contributed by atoms with Gasteiger partial charge in [0.2, 0.25) is 0 Å². The summed E-state index contributed by atoms with van der Waals surface area (Å²) >= 11 is 0. The quantitative estimate of drug-likeness (QED) is 0.750. The highest BCUT2D eigenvalue weighted by Gasteiger charge is 2.27. The van der Waals surface area contributed by atoms with Crippen molar-refractivity contribution >= 4 is 0 Å². The predicted octanol–water partition coefficient (Wildman–Crippen LogP) is 2.26. The van der Waals surface area contributed by atoms with Crippen LogP contribution in [0.1, 0.15) is 6.92 Å². The number of benzene rings is 1. The lowest BCUT2D eigenvalue weighted by molar-refractivity contribution is 0.228. The standard InChI is InChI=1S/C13H19NO/c1-11-8-14(2)9-12(11)10-15-13-6-4-3-5-7-13/h3-7,11-12H,8-10H2,1-2H3. The predicted molar refractivity (Wildman–Crippen MR) is 62.1 cm³/mol. The Bertz CT molecular complexity index is 299. The lowest BCUT2D eigenvalue weighted by Gasteiger charge is -2.15. The van der Waals surface area contributed by atoms with E-state index in [0.717, 1.165) is 24.8 Å². The average molecular weight is 205 g/mol. The number of hydrogen-bond donors (Lipinski definition) is 0. The van der Waals surface area contributed by atoms with Crippen LogP contribution >= 0.6 is 0 Å². The van der Waals surface area contributed by atoms with Gasteiger partial charge in [0.15, 0.2) is 0 Å². The van der Waals surface area contributed by atoms with Gasteiger partial charge in [0, 0.05) is 19.0 Å². The molecule has 1 saturated heterocycles.